The second kappa shape index (κ2) is 6.43. The fraction of sp³-hybridized carbons (Fsp3) is 0.800. The predicted octanol–water partition coefficient (Wildman–Crippen LogP) is 3.12. The van der Waals surface area contributed by atoms with E-state index in [2.05, 4.69) is 34.3 Å². The Morgan fingerprint density at radius 2 is 1.75 bits per heavy atom. The molecule has 0 amide bonds. The molecular weight excluding hydrogens is 164 g/mol. The van der Waals surface area contributed by atoms with Crippen LogP contribution in [-0.2, 0) is 4.43 Å². The second-order valence-electron chi connectivity index (χ2n) is 3.90. The van der Waals surface area contributed by atoms with Gasteiger partial charge >= 0.3 is 0 Å². The monoisotopic (exact) mass is 186 g/mol. The summed E-state index contributed by atoms with van der Waals surface area (Å²) in [7, 11) is -0.960. The molecule has 0 aliphatic rings. The second-order valence-corrected chi connectivity index (χ2v) is 7.83. The number of rotatable bonds is 6. The van der Waals surface area contributed by atoms with Crippen molar-refractivity contribution in [2.24, 2.45) is 0 Å². The molecule has 12 heavy (non-hydrogen) atoms. The molecule has 0 N–H and O–H groups in total. The summed E-state index contributed by atoms with van der Waals surface area (Å²) in [6, 6.07) is 0. The number of hydrogen-bond donors (Lipinski definition) is 0. The number of hydrogen-bond acceptors (Lipinski definition) is 1. The zero-order valence-electron chi connectivity index (χ0n) is 8.84. The smallest absolute Gasteiger partial charge is 0.181 e. The minimum atomic E-state index is -0.960. The largest absolute Gasteiger partial charge is 0.419 e. The maximum atomic E-state index is 5.87. The van der Waals surface area contributed by atoms with Gasteiger partial charge in [0.1, 0.15) is 0 Å². The van der Waals surface area contributed by atoms with Gasteiger partial charge in [-0.25, -0.2) is 0 Å². The van der Waals surface area contributed by atoms with Crippen LogP contribution in [0.25, 0.3) is 0 Å². The zero-order valence-corrected chi connectivity index (χ0v) is 9.99. The standard InChI is InChI=1S/C10H22OSi/c1-6-7-8-11-12(9(2)3)10(4)5/h6,9-10,12H,1,7-8H2,2-5H3. The predicted molar refractivity (Wildman–Crippen MR) is 58.1 cm³/mol. The third kappa shape index (κ3) is 4.73. The summed E-state index contributed by atoms with van der Waals surface area (Å²) in [5.41, 5.74) is 1.49. The van der Waals surface area contributed by atoms with Gasteiger partial charge in [-0.05, 0) is 17.5 Å². The Morgan fingerprint density at radius 3 is 2.08 bits per heavy atom. The summed E-state index contributed by atoms with van der Waals surface area (Å²) >= 11 is 0. The first-order chi connectivity index (χ1) is 5.59. The van der Waals surface area contributed by atoms with E-state index in [0.29, 0.717) is 0 Å². The lowest BCUT2D eigenvalue weighted by atomic mass is 10.5. The molecule has 0 saturated heterocycles. The molecule has 0 fully saturated rings. The van der Waals surface area contributed by atoms with Crippen LogP contribution in [0.1, 0.15) is 34.1 Å². The highest BCUT2D eigenvalue weighted by Crippen LogP contribution is 2.20. The van der Waals surface area contributed by atoms with E-state index >= 15 is 0 Å². The highest BCUT2D eigenvalue weighted by molar-refractivity contribution is 6.54. The van der Waals surface area contributed by atoms with E-state index in [9.17, 15) is 0 Å². The molecule has 0 atom stereocenters. The van der Waals surface area contributed by atoms with E-state index in [1.54, 1.807) is 0 Å². The SMILES string of the molecule is C=CCCO[SiH](C(C)C)C(C)C. The van der Waals surface area contributed by atoms with E-state index in [4.69, 9.17) is 4.43 Å². The Balaban J connectivity index is 3.71. The Bertz CT molecular complexity index is 113. The lowest BCUT2D eigenvalue weighted by Crippen LogP contribution is -2.25. The normalized spacial score (nSPS) is 11.6. The van der Waals surface area contributed by atoms with Gasteiger partial charge in [0, 0.05) is 6.61 Å². The molecule has 0 bridgehead atoms. The lowest BCUT2D eigenvalue weighted by Gasteiger charge is -2.22. The first kappa shape index (κ1) is 11.9. The van der Waals surface area contributed by atoms with Gasteiger partial charge in [-0.1, -0.05) is 33.8 Å². The van der Waals surface area contributed by atoms with Crippen LogP contribution in [0.3, 0.4) is 0 Å². The fourth-order valence-electron chi connectivity index (χ4n) is 1.44. The highest BCUT2D eigenvalue weighted by atomic mass is 28.3. The minimum Gasteiger partial charge on any atom is -0.419 e. The first-order valence-corrected chi connectivity index (χ1v) is 6.62. The van der Waals surface area contributed by atoms with Crippen LogP contribution in [0.2, 0.25) is 11.1 Å². The molecule has 0 aromatic rings. The molecule has 0 rings (SSSR count). The van der Waals surface area contributed by atoms with Crippen molar-refractivity contribution in [3.63, 3.8) is 0 Å². The van der Waals surface area contributed by atoms with E-state index in [1.807, 2.05) is 6.08 Å². The maximum absolute atomic E-state index is 5.87. The minimum absolute atomic E-state index is 0.745. The molecule has 0 spiro atoms. The average Bonchev–Trinajstić information content (AvgIpc) is 1.96. The van der Waals surface area contributed by atoms with E-state index in [1.165, 1.54) is 0 Å². The summed E-state index contributed by atoms with van der Waals surface area (Å²) in [6.45, 7) is 13.6. The third-order valence-corrected chi connectivity index (χ3v) is 5.20. The van der Waals surface area contributed by atoms with Crippen molar-refractivity contribution >= 4 is 9.04 Å². The molecule has 0 aromatic heterocycles. The van der Waals surface area contributed by atoms with Crippen molar-refractivity contribution in [2.45, 2.75) is 45.2 Å². The van der Waals surface area contributed by atoms with Crippen LogP contribution in [0.4, 0.5) is 0 Å². The van der Waals surface area contributed by atoms with Crippen LogP contribution in [-0.4, -0.2) is 15.6 Å². The summed E-state index contributed by atoms with van der Waals surface area (Å²) in [5, 5.41) is 0. The maximum Gasteiger partial charge on any atom is 0.181 e. The van der Waals surface area contributed by atoms with Gasteiger partial charge in [0.15, 0.2) is 9.04 Å². The summed E-state index contributed by atoms with van der Waals surface area (Å²) in [6.07, 6.45) is 2.91. The molecule has 0 aliphatic carbocycles. The van der Waals surface area contributed by atoms with E-state index in [-0.39, 0.29) is 0 Å². The van der Waals surface area contributed by atoms with Crippen LogP contribution >= 0.6 is 0 Å². The molecule has 0 aromatic carbocycles. The van der Waals surface area contributed by atoms with Gasteiger partial charge in [0.2, 0.25) is 0 Å². The molecular formula is C10H22OSi. The van der Waals surface area contributed by atoms with Gasteiger partial charge in [0.05, 0.1) is 0 Å². The van der Waals surface area contributed by atoms with E-state index < -0.39 is 9.04 Å². The van der Waals surface area contributed by atoms with Gasteiger partial charge < -0.3 is 4.43 Å². The van der Waals surface area contributed by atoms with Crippen LogP contribution < -0.4 is 0 Å². The molecule has 2 heteroatoms. The summed E-state index contributed by atoms with van der Waals surface area (Å²) in [4.78, 5) is 0. The van der Waals surface area contributed by atoms with Crippen molar-refractivity contribution in [1.82, 2.24) is 0 Å². The van der Waals surface area contributed by atoms with E-state index in [0.717, 1.165) is 24.1 Å². The lowest BCUT2D eigenvalue weighted by molar-refractivity contribution is 0.314. The Morgan fingerprint density at radius 1 is 1.25 bits per heavy atom. The van der Waals surface area contributed by atoms with Crippen molar-refractivity contribution < 1.29 is 4.43 Å². The quantitative estimate of drug-likeness (QED) is 0.352. The van der Waals surface area contributed by atoms with Crippen molar-refractivity contribution in [3.8, 4) is 0 Å². The van der Waals surface area contributed by atoms with Gasteiger partial charge in [0.25, 0.3) is 0 Å². The van der Waals surface area contributed by atoms with Crippen LogP contribution in [0.5, 0.6) is 0 Å². The van der Waals surface area contributed by atoms with Gasteiger partial charge in [-0.2, -0.15) is 0 Å². The van der Waals surface area contributed by atoms with Gasteiger partial charge in [-0.3, -0.25) is 0 Å². The Hall–Kier alpha value is -0.0831. The molecule has 0 aliphatic heterocycles. The average molecular weight is 186 g/mol. The molecule has 72 valence electrons. The van der Waals surface area contributed by atoms with Crippen LogP contribution in [0.15, 0.2) is 12.7 Å². The topological polar surface area (TPSA) is 9.23 Å². The highest BCUT2D eigenvalue weighted by Gasteiger charge is 2.19. The van der Waals surface area contributed by atoms with Crippen molar-refractivity contribution in [1.29, 1.82) is 0 Å². The van der Waals surface area contributed by atoms with Crippen LogP contribution in [0, 0.1) is 0 Å². The first-order valence-electron chi connectivity index (χ1n) is 4.82. The van der Waals surface area contributed by atoms with Crippen molar-refractivity contribution in [3.05, 3.63) is 12.7 Å². The summed E-state index contributed by atoms with van der Waals surface area (Å²) in [5.74, 6) is 0. The Kier molecular flexibility index (Phi) is 6.39. The molecule has 0 radical (unpaired) electrons. The molecule has 1 nitrogen and oxygen atoms in total. The molecule has 0 heterocycles. The van der Waals surface area contributed by atoms with Crippen molar-refractivity contribution in [2.75, 3.05) is 6.61 Å². The zero-order chi connectivity index (χ0) is 9.56. The third-order valence-electron chi connectivity index (χ3n) is 1.95. The molecule has 0 unspecified atom stereocenters. The fourth-order valence-corrected chi connectivity index (χ4v) is 4.16. The summed E-state index contributed by atoms with van der Waals surface area (Å²) < 4.78 is 5.87. The molecule has 0 saturated carbocycles. The van der Waals surface area contributed by atoms with Gasteiger partial charge in [-0.15, -0.1) is 6.58 Å². The Labute approximate surface area is 78.5 Å².